The van der Waals surface area contributed by atoms with Gasteiger partial charge in [-0.25, -0.2) is 0 Å². The average molecular weight is 276 g/mol. The Balaban J connectivity index is 3.98. The van der Waals surface area contributed by atoms with E-state index in [1.165, 1.54) is 0 Å². The topological polar surface area (TPSA) is 58.9 Å². The zero-order valence-corrected chi connectivity index (χ0v) is 13.6. The van der Waals surface area contributed by atoms with Gasteiger partial charge in [-0.2, -0.15) is 0 Å². The Morgan fingerprint density at radius 3 is 1.53 bits per heavy atom. The molecule has 0 aromatic heterocycles. The van der Waals surface area contributed by atoms with Crippen LogP contribution in [0.3, 0.4) is 0 Å². The van der Waals surface area contributed by atoms with Crippen LogP contribution in [0.1, 0.15) is 48.5 Å². The van der Waals surface area contributed by atoms with Crippen LogP contribution in [0.25, 0.3) is 0 Å². The molecule has 19 heavy (non-hydrogen) atoms. The highest BCUT2D eigenvalue weighted by atomic mass is 16.5. The summed E-state index contributed by atoms with van der Waals surface area (Å²) < 4.78 is 11.3. The van der Waals surface area contributed by atoms with Crippen molar-refractivity contribution in [2.75, 3.05) is 26.4 Å². The minimum absolute atomic E-state index is 0.0816. The summed E-state index contributed by atoms with van der Waals surface area (Å²) >= 11 is 0. The predicted octanol–water partition coefficient (Wildman–Crippen LogP) is 2.43. The van der Waals surface area contributed by atoms with E-state index in [4.69, 9.17) is 9.47 Å². The maximum absolute atomic E-state index is 9.19. The standard InChI is InChI=1S/C15H32O4/c1-13(2,3)8-18-9-14(4,5)10-19-11-15(6,7)12(16)17/h12,16-17H,8-11H2,1-7H3. The number of hydrogen-bond donors (Lipinski definition) is 2. The Bertz CT molecular complexity index is 251. The highest BCUT2D eigenvalue weighted by molar-refractivity contribution is 4.72. The maximum atomic E-state index is 9.19. The lowest BCUT2D eigenvalue weighted by Crippen LogP contribution is -2.36. The molecule has 0 aromatic rings. The molecule has 0 bridgehead atoms. The number of ether oxygens (including phenoxy) is 2. The van der Waals surface area contributed by atoms with Crippen molar-refractivity contribution in [1.29, 1.82) is 0 Å². The molecule has 0 saturated carbocycles. The van der Waals surface area contributed by atoms with Crippen LogP contribution in [0.5, 0.6) is 0 Å². The third-order valence-electron chi connectivity index (χ3n) is 2.69. The van der Waals surface area contributed by atoms with Gasteiger partial charge in [-0.15, -0.1) is 0 Å². The largest absolute Gasteiger partial charge is 0.380 e. The van der Waals surface area contributed by atoms with Gasteiger partial charge in [0.1, 0.15) is 0 Å². The first kappa shape index (κ1) is 18.8. The van der Waals surface area contributed by atoms with Crippen LogP contribution in [0.15, 0.2) is 0 Å². The van der Waals surface area contributed by atoms with Crippen LogP contribution in [-0.4, -0.2) is 42.9 Å². The lowest BCUT2D eigenvalue weighted by molar-refractivity contribution is -0.151. The van der Waals surface area contributed by atoms with Gasteiger partial charge >= 0.3 is 0 Å². The molecule has 0 aromatic carbocycles. The molecule has 0 aliphatic heterocycles. The Morgan fingerprint density at radius 1 is 0.737 bits per heavy atom. The molecule has 0 rings (SSSR count). The van der Waals surface area contributed by atoms with Crippen LogP contribution < -0.4 is 0 Å². The molecule has 0 aliphatic rings. The zero-order chi connectivity index (χ0) is 15.3. The van der Waals surface area contributed by atoms with E-state index >= 15 is 0 Å². The van der Waals surface area contributed by atoms with Gasteiger partial charge in [-0.05, 0) is 5.41 Å². The molecule has 0 atom stereocenters. The molecule has 4 heteroatoms. The van der Waals surface area contributed by atoms with Crippen molar-refractivity contribution in [1.82, 2.24) is 0 Å². The van der Waals surface area contributed by atoms with Crippen LogP contribution in [-0.2, 0) is 9.47 Å². The van der Waals surface area contributed by atoms with Gasteiger partial charge in [0.2, 0.25) is 0 Å². The lowest BCUT2D eigenvalue weighted by Gasteiger charge is -2.30. The summed E-state index contributed by atoms with van der Waals surface area (Å²) in [6.45, 7) is 16.3. The molecule has 4 nitrogen and oxygen atoms in total. The third kappa shape index (κ3) is 9.38. The summed E-state index contributed by atoms with van der Waals surface area (Å²) in [5, 5.41) is 18.4. The highest BCUT2D eigenvalue weighted by Gasteiger charge is 2.28. The first-order chi connectivity index (χ1) is 8.36. The van der Waals surface area contributed by atoms with E-state index in [9.17, 15) is 10.2 Å². The van der Waals surface area contributed by atoms with Crippen LogP contribution in [0.4, 0.5) is 0 Å². The summed E-state index contributed by atoms with van der Waals surface area (Å²) in [5.41, 5.74) is -0.565. The fourth-order valence-corrected chi connectivity index (χ4v) is 1.34. The summed E-state index contributed by atoms with van der Waals surface area (Å²) in [7, 11) is 0. The Morgan fingerprint density at radius 2 is 1.16 bits per heavy atom. The molecule has 0 unspecified atom stereocenters. The van der Waals surface area contributed by atoms with E-state index in [0.29, 0.717) is 19.8 Å². The zero-order valence-electron chi connectivity index (χ0n) is 13.6. The SMILES string of the molecule is CC(C)(C)COCC(C)(C)COCC(C)(C)C(O)O. The fraction of sp³-hybridized carbons (Fsp3) is 1.00. The molecule has 116 valence electrons. The lowest BCUT2D eigenvalue weighted by atomic mass is 9.93. The van der Waals surface area contributed by atoms with Crippen molar-refractivity contribution in [3.63, 3.8) is 0 Å². The molecule has 0 fully saturated rings. The van der Waals surface area contributed by atoms with E-state index in [2.05, 4.69) is 34.6 Å². The summed E-state index contributed by atoms with van der Waals surface area (Å²) in [4.78, 5) is 0. The van der Waals surface area contributed by atoms with Crippen LogP contribution >= 0.6 is 0 Å². The minimum atomic E-state index is -1.37. The molecule has 0 heterocycles. The van der Waals surface area contributed by atoms with Gasteiger partial charge in [0, 0.05) is 10.8 Å². The summed E-state index contributed by atoms with van der Waals surface area (Å²) in [6.07, 6.45) is -1.37. The normalized spacial score (nSPS) is 14.2. The van der Waals surface area contributed by atoms with Crippen molar-refractivity contribution in [2.45, 2.75) is 54.8 Å². The van der Waals surface area contributed by atoms with Gasteiger partial charge in [0.25, 0.3) is 0 Å². The molecule has 0 aliphatic carbocycles. The van der Waals surface area contributed by atoms with Crippen molar-refractivity contribution in [3.8, 4) is 0 Å². The smallest absolute Gasteiger partial charge is 0.158 e. The minimum Gasteiger partial charge on any atom is -0.380 e. The highest BCUT2D eigenvalue weighted by Crippen LogP contribution is 2.23. The van der Waals surface area contributed by atoms with E-state index in [0.717, 1.165) is 6.61 Å². The molecule has 0 amide bonds. The van der Waals surface area contributed by atoms with Crippen LogP contribution in [0, 0.1) is 16.2 Å². The van der Waals surface area contributed by atoms with E-state index in [1.54, 1.807) is 13.8 Å². The second kappa shape index (κ2) is 7.02. The fourth-order valence-electron chi connectivity index (χ4n) is 1.34. The summed E-state index contributed by atoms with van der Waals surface area (Å²) in [5.74, 6) is 0. The predicted molar refractivity (Wildman–Crippen MR) is 76.9 cm³/mol. The van der Waals surface area contributed by atoms with E-state index in [1.807, 2.05) is 0 Å². The van der Waals surface area contributed by atoms with Crippen molar-refractivity contribution < 1.29 is 19.7 Å². The second-order valence-electron chi connectivity index (χ2n) is 8.07. The van der Waals surface area contributed by atoms with E-state index in [-0.39, 0.29) is 10.8 Å². The van der Waals surface area contributed by atoms with E-state index < -0.39 is 11.7 Å². The monoisotopic (exact) mass is 276 g/mol. The van der Waals surface area contributed by atoms with Gasteiger partial charge in [0.05, 0.1) is 26.4 Å². The third-order valence-corrected chi connectivity index (χ3v) is 2.69. The molecular weight excluding hydrogens is 244 g/mol. The van der Waals surface area contributed by atoms with Gasteiger partial charge < -0.3 is 19.7 Å². The Kier molecular flexibility index (Phi) is 6.96. The molecule has 0 spiro atoms. The number of hydrogen-bond acceptors (Lipinski definition) is 4. The summed E-state index contributed by atoms with van der Waals surface area (Å²) in [6, 6.07) is 0. The van der Waals surface area contributed by atoms with Gasteiger partial charge in [-0.1, -0.05) is 48.5 Å². The molecule has 2 N–H and O–H groups in total. The molecule has 0 radical (unpaired) electrons. The first-order valence-corrected chi connectivity index (χ1v) is 6.87. The number of aliphatic hydroxyl groups is 2. The van der Waals surface area contributed by atoms with Gasteiger partial charge in [-0.3, -0.25) is 0 Å². The second-order valence-corrected chi connectivity index (χ2v) is 8.07. The number of rotatable bonds is 8. The van der Waals surface area contributed by atoms with Crippen LogP contribution in [0.2, 0.25) is 0 Å². The van der Waals surface area contributed by atoms with Crippen molar-refractivity contribution in [2.24, 2.45) is 16.2 Å². The molecular formula is C15H32O4. The van der Waals surface area contributed by atoms with Crippen molar-refractivity contribution in [3.05, 3.63) is 0 Å². The number of aliphatic hydroxyl groups excluding tert-OH is 1. The van der Waals surface area contributed by atoms with Crippen molar-refractivity contribution >= 4 is 0 Å². The average Bonchev–Trinajstić information content (AvgIpc) is 2.13. The first-order valence-electron chi connectivity index (χ1n) is 6.87. The Hall–Kier alpha value is -0.160. The molecule has 0 saturated heterocycles. The van der Waals surface area contributed by atoms with Gasteiger partial charge in [0.15, 0.2) is 6.29 Å². The Labute approximate surface area is 118 Å². The quantitative estimate of drug-likeness (QED) is 0.669. The maximum Gasteiger partial charge on any atom is 0.158 e.